The Balaban J connectivity index is 1.64. The maximum atomic E-state index is 12.0. The summed E-state index contributed by atoms with van der Waals surface area (Å²) in [6, 6.07) is 8.51. The van der Waals surface area contributed by atoms with Gasteiger partial charge in [-0.15, -0.1) is 11.8 Å². The lowest BCUT2D eigenvalue weighted by Crippen LogP contribution is -2.47. The van der Waals surface area contributed by atoms with Crippen LogP contribution < -0.4 is 5.32 Å². The Hall–Kier alpha value is -1.69. The molecular formula is C18H26N2O3S. The molecule has 1 aromatic carbocycles. The van der Waals surface area contributed by atoms with E-state index in [1.54, 1.807) is 23.6 Å². The van der Waals surface area contributed by atoms with Crippen LogP contribution in [0.5, 0.6) is 0 Å². The largest absolute Gasteiger partial charge is 0.450 e. The molecule has 0 saturated carbocycles. The van der Waals surface area contributed by atoms with Crippen LogP contribution in [-0.2, 0) is 15.3 Å². The maximum Gasteiger partial charge on any atom is 0.409 e. The predicted octanol–water partition coefficient (Wildman–Crippen LogP) is 2.97. The van der Waals surface area contributed by atoms with E-state index in [1.165, 1.54) is 11.1 Å². The van der Waals surface area contributed by atoms with E-state index in [0.29, 0.717) is 25.4 Å². The van der Waals surface area contributed by atoms with Crippen molar-refractivity contribution in [1.29, 1.82) is 0 Å². The molecule has 132 valence electrons. The summed E-state index contributed by atoms with van der Waals surface area (Å²) >= 11 is 1.63. The monoisotopic (exact) mass is 350 g/mol. The van der Waals surface area contributed by atoms with E-state index >= 15 is 0 Å². The number of aryl methyl sites for hydroxylation is 1. The van der Waals surface area contributed by atoms with E-state index in [1.807, 2.05) is 6.07 Å². The Labute approximate surface area is 148 Å². The molecule has 0 aliphatic carbocycles. The standard InChI is InChI=1S/C18H26N2O3S/c1-3-23-18(22)20-9-7-16(8-10-20)19-17(21)13-24-12-15-6-4-5-14(2)11-15/h4-6,11,16H,3,7-10,12-13H2,1-2H3,(H,19,21). The maximum absolute atomic E-state index is 12.0. The normalized spacial score (nSPS) is 15.2. The Morgan fingerprint density at radius 1 is 1.33 bits per heavy atom. The average Bonchev–Trinajstić information content (AvgIpc) is 2.56. The molecule has 1 aliphatic rings. The van der Waals surface area contributed by atoms with Gasteiger partial charge in [-0.25, -0.2) is 4.79 Å². The molecule has 0 aromatic heterocycles. The fourth-order valence-corrected chi connectivity index (χ4v) is 3.54. The number of hydrogen-bond acceptors (Lipinski definition) is 4. The molecule has 0 radical (unpaired) electrons. The van der Waals surface area contributed by atoms with E-state index in [9.17, 15) is 9.59 Å². The first kappa shape index (κ1) is 18.6. The second kappa shape index (κ2) is 9.57. The number of nitrogens with one attached hydrogen (secondary N) is 1. The number of likely N-dealkylation sites (tertiary alicyclic amines) is 1. The highest BCUT2D eigenvalue weighted by atomic mass is 32.2. The zero-order chi connectivity index (χ0) is 17.4. The number of carbonyl (C=O) groups excluding carboxylic acids is 2. The van der Waals surface area contributed by atoms with Crippen molar-refractivity contribution >= 4 is 23.8 Å². The Morgan fingerprint density at radius 2 is 2.08 bits per heavy atom. The second-order valence-corrected chi connectivity index (χ2v) is 7.00. The molecule has 1 heterocycles. The highest BCUT2D eigenvalue weighted by molar-refractivity contribution is 7.99. The highest BCUT2D eigenvalue weighted by Gasteiger charge is 2.24. The van der Waals surface area contributed by atoms with Crippen LogP contribution in [0.1, 0.15) is 30.9 Å². The van der Waals surface area contributed by atoms with Crippen LogP contribution in [0.25, 0.3) is 0 Å². The minimum absolute atomic E-state index is 0.0715. The lowest BCUT2D eigenvalue weighted by Gasteiger charge is -2.31. The van der Waals surface area contributed by atoms with Crippen molar-refractivity contribution in [2.24, 2.45) is 0 Å². The summed E-state index contributed by atoms with van der Waals surface area (Å²) in [6.45, 7) is 5.55. The van der Waals surface area contributed by atoms with Gasteiger partial charge in [0.05, 0.1) is 12.4 Å². The average molecular weight is 350 g/mol. The van der Waals surface area contributed by atoms with Crippen LogP contribution in [0.4, 0.5) is 4.79 Å². The summed E-state index contributed by atoms with van der Waals surface area (Å²) in [4.78, 5) is 25.4. The van der Waals surface area contributed by atoms with E-state index < -0.39 is 0 Å². The summed E-state index contributed by atoms with van der Waals surface area (Å²) in [6.07, 6.45) is 1.32. The van der Waals surface area contributed by atoms with E-state index in [2.05, 4.69) is 30.4 Å². The number of amides is 2. The Kier molecular flexibility index (Phi) is 7.43. The first-order chi connectivity index (χ1) is 11.6. The number of thioether (sulfide) groups is 1. The zero-order valence-corrected chi connectivity index (χ0v) is 15.2. The number of nitrogens with zero attached hydrogens (tertiary/aromatic N) is 1. The van der Waals surface area contributed by atoms with Gasteiger partial charge in [-0.1, -0.05) is 29.8 Å². The topological polar surface area (TPSA) is 58.6 Å². The lowest BCUT2D eigenvalue weighted by molar-refractivity contribution is -0.119. The van der Waals surface area contributed by atoms with Gasteiger partial charge < -0.3 is 15.0 Å². The van der Waals surface area contributed by atoms with Gasteiger partial charge >= 0.3 is 6.09 Å². The zero-order valence-electron chi connectivity index (χ0n) is 14.4. The fraction of sp³-hybridized carbons (Fsp3) is 0.556. The quantitative estimate of drug-likeness (QED) is 0.857. The molecule has 2 amide bonds. The summed E-state index contributed by atoms with van der Waals surface area (Å²) in [5, 5.41) is 3.07. The van der Waals surface area contributed by atoms with E-state index in [0.717, 1.165) is 18.6 Å². The Bertz CT molecular complexity index is 557. The predicted molar refractivity (Wildman–Crippen MR) is 97.1 cm³/mol. The molecule has 1 fully saturated rings. The van der Waals surface area contributed by atoms with E-state index in [-0.39, 0.29) is 18.0 Å². The SMILES string of the molecule is CCOC(=O)N1CCC(NC(=O)CSCc2cccc(C)c2)CC1. The smallest absolute Gasteiger partial charge is 0.409 e. The molecule has 0 bridgehead atoms. The number of benzene rings is 1. The van der Waals surface area contributed by atoms with Gasteiger partial charge in [0.15, 0.2) is 0 Å². The van der Waals surface area contributed by atoms with E-state index in [4.69, 9.17) is 4.74 Å². The van der Waals surface area contributed by atoms with Gasteiger partial charge in [-0.05, 0) is 32.3 Å². The number of piperidine rings is 1. The minimum Gasteiger partial charge on any atom is -0.450 e. The second-order valence-electron chi connectivity index (χ2n) is 6.01. The third kappa shape index (κ3) is 6.07. The molecule has 0 unspecified atom stereocenters. The molecule has 2 rings (SSSR count). The van der Waals surface area contributed by atoms with Crippen molar-refractivity contribution in [3.05, 3.63) is 35.4 Å². The van der Waals surface area contributed by atoms with Crippen LogP contribution in [0.2, 0.25) is 0 Å². The molecule has 0 atom stereocenters. The summed E-state index contributed by atoms with van der Waals surface area (Å²) in [7, 11) is 0. The van der Waals surface area contributed by atoms with Crippen LogP contribution in [0.15, 0.2) is 24.3 Å². The number of carbonyl (C=O) groups is 2. The van der Waals surface area contributed by atoms with Crippen molar-refractivity contribution in [3.8, 4) is 0 Å². The summed E-state index contributed by atoms with van der Waals surface area (Å²) < 4.78 is 5.00. The van der Waals surface area contributed by atoms with Crippen LogP contribution in [0, 0.1) is 6.92 Å². The number of ether oxygens (including phenoxy) is 1. The third-order valence-corrected chi connectivity index (χ3v) is 4.97. The Morgan fingerprint density at radius 3 is 2.75 bits per heavy atom. The highest BCUT2D eigenvalue weighted by Crippen LogP contribution is 2.15. The molecule has 5 nitrogen and oxygen atoms in total. The number of rotatable bonds is 6. The molecule has 1 aliphatic heterocycles. The van der Waals surface area contributed by atoms with Crippen molar-refractivity contribution in [2.75, 3.05) is 25.4 Å². The summed E-state index contributed by atoms with van der Waals surface area (Å²) in [5.41, 5.74) is 2.49. The van der Waals surface area contributed by atoms with Gasteiger partial charge in [0.2, 0.25) is 5.91 Å². The first-order valence-electron chi connectivity index (χ1n) is 8.43. The van der Waals surface area contributed by atoms with Crippen LogP contribution in [0.3, 0.4) is 0 Å². The lowest BCUT2D eigenvalue weighted by atomic mass is 10.1. The van der Waals surface area contributed by atoms with Crippen molar-refractivity contribution in [1.82, 2.24) is 10.2 Å². The molecule has 1 saturated heterocycles. The summed E-state index contributed by atoms with van der Waals surface area (Å²) in [5.74, 6) is 1.38. The minimum atomic E-state index is -0.254. The number of hydrogen-bond donors (Lipinski definition) is 1. The van der Waals surface area contributed by atoms with Gasteiger partial charge in [-0.3, -0.25) is 4.79 Å². The van der Waals surface area contributed by atoms with Crippen molar-refractivity contribution in [2.45, 2.75) is 38.5 Å². The first-order valence-corrected chi connectivity index (χ1v) is 9.58. The molecule has 1 N–H and O–H groups in total. The molecule has 6 heteroatoms. The fourth-order valence-electron chi connectivity index (χ4n) is 2.75. The molecule has 24 heavy (non-hydrogen) atoms. The van der Waals surface area contributed by atoms with Crippen molar-refractivity contribution in [3.63, 3.8) is 0 Å². The van der Waals surface area contributed by atoms with Gasteiger partial charge in [0, 0.05) is 24.9 Å². The molecular weight excluding hydrogens is 324 g/mol. The van der Waals surface area contributed by atoms with Crippen molar-refractivity contribution < 1.29 is 14.3 Å². The third-order valence-electron chi connectivity index (χ3n) is 3.97. The van der Waals surface area contributed by atoms with Gasteiger partial charge in [0.25, 0.3) is 0 Å². The molecule has 0 spiro atoms. The van der Waals surface area contributed by atoms with Gasteiger partial charge in [0.1, 0.15) is 0 Å². The molecule has 1 aromatic rings. The van der Waals surface area contributed by atoms with Gasteiger partial charge in [-0.2, -0.15) is 0 Å². The van der Waals surface area contributed by atoms with Crippen LogP contribution >= 0.6 is 11.8 Å². The van der Waals surface area contributed by atoms with Crippen LogP contribution in [-0.4, -0.2) is 48.4 Å².